The number of hydrogen-bond donors (Lipinski definition) is 3. The van der Waals surface area contributed by atoms with Crippen LogP contribution in [0.4, 0.5) is 11.4 Å². The van der Waals surface area contributed by atoms with Gasteiger partial charge in [-0.1, -0.05) is 0 Å². The van der Waals surface area contributed by atoms with Crippen molar-refractivity contribution in [3.8, 4) is 0 Å². The Morgan fingerprint density at radius 3 is 2.81 bits per heavy atom. The maximum absolute atomic E-state index is 10.4. The van der Waals surface area contributed by atoms with Crippen LogP contribution in [0.2, 0.25) is 0 Å². The van der Waals surface area contributed by atoms with E-state index in [4.69, 9.17) is 16.2 Å². The monoisotopic (exact) mass is 223 g/mol. The molecule has 0 radical (unpaired) electrons. The molecule has 0 bridgehead atoms. The van der Waals surface area contributed by atoms with E-state index in [0.717, 1.165) is 16.9 Å². The number of ether oxygens (including phenoxy) is 1. The molecule has 0 aromatic heterocycles. The highest BCUT2D eigenvalue weighted by Gasteiger charge is 1.96. The highest BCUT2D eigenvalue weighted by Crippen LogP contribution is 2.15. The summed E-state index contributed by atoms with van der Waals surface area (Å²) in [5.74, 6) is -0.459. The van der Waals surface area contributed by atoms with E-state index in [1.807, 2.05) is 25.1 Å². The van der Waals surface area contributed by atoms with Crippen molar-refractivity contribution in [2.75, 3.05) is 30.8 Å². The molecule has 88 valence electrons. The van der Waals surface area contributed by atoms with E-state index in [2.05, 4.69) is 5.32 Å². The van der Waals surface area contributed by atoms with Gasteiger partial charge in [0.2, 0.25) is 5.91 Å². The molecule has 0 aliphatic carbocycles. The average Bonchev–Trinajstić information content (AvgIpc) is 2.15. The molecule has 5 heteroatoms. The summed E-state index contributed by atoms with van der Waals surface area (Å²) in [6, 6.07) is 5.74. The van der Waals surface area contributed by atoms with Crippen molar-refractivity contribution in [1.29, 1.82) is 0 Å². The van der Waals surface area contributed by atoms with E-state index in [-0.39, 0.29) is 6.61 Å². The fraction of sp³-hybridized carbons (Fsp3) is 0.364. The van der Waals surface area contributed by atoms with Crippen LogP contribution in [0.5, 0.6) is 0 Å². The first-order chi connectivity index (χ1) is 7.58. The molecule has 0 heterocycles. The van der Waals surface area contributed by atoms with Crippen LogP contribution < -0.4 is 16.8 Å². The number of anilines is 2. The smallest absolute Gasteiger partial charge is 0.243 e. The van der Waals surface area contributed by atoms with Gasteiger partial charge in [0.25, 0.3) is 0 Å². The standard InChI is InChI=1S/C11H17N3O2/c1-8-4-9(12)6-10(5-8)14-2-3-16-7-11(13)15/h4-6,14H,2-3,7,12H2,1H3,(H2,13,15). The molecule has 0 fully saturated rings. The molecule has 5 N–H and O–H groups in total. The Bertz CT molecular complexity index is 346. The second-order valence-electron chi connectivity index (χ2n) is 3.58. The lowest BCUT2D eigenvalue weighted by molar-refractivity contribution is -0.122. The largest absolute Gasteiger partial charge is 0.399 e. The number of rotatable bonds is 6. The number of amides is 1. The first kappa shape index (κ1) is 12.3. The number of aryl methyl sites for hydroxylation is 1. The molecule has 1 aromatic rings. The van der Waals surface area contributed by atoms with Gasteiger partial charge in [-0.05, 0) is 30.7 Å². The summed E-state index contributed by atoms with van der Waals surface area (Å²) in [6.07, 6.45) is 0. The summed E-state index contributed by atoms with van der Waals surface area (Å²) < 4.78 is 5.01. The minimum absolute atomic E-state index is 0.0440. The number of nitrogens with two attached hydrogens (primary N) is 2. The highest BCUT2D eigenvalue weighted by molar-refractivity contribution is 5.74. The van der Waals surface area contributed by atoms with Gasteiger partial charge in [0.1, 0.15) is 6.61 Å². The number of primary amides is 1. The first-order valence-electron chi connectivity index (χ1n) is 5.05. The predicted octanol–water partition coefficient (Wildman–Crippen LogP) is 0.491. The summed E-state index contributed by atoms with van der Waals surface area (Å²) >= 11 is 0. The van der Waals surface area contributed by atoms with Gasteiger partial charge < -0.3 is 21.5 Å². The Kier molecular flexibility index (Phi) is 4.60. The first-order valence-corrected chi connectivity index (χ1v) is 5.05. The summed E-state index contributed by atoms with van der Waals surface area (Å²) in [5.41, 5.74) is 13.4. The minimum atomic E-state index is -0.459. The van der Waals surface area contributed by atoms with Crippen molar-refractivity contribution < 1.29 is 9.53 Å². The van der Waals surface area contributed by atoms with E-state index >= 15 is 0 Å². The van der Waals surface area contributed by atoms with Gasteiger partial charge in [-0.25, -0.2) is 0 Å². The van der Waals surface area contributed by atoms with Crippen molar-refractivity contribution in [3.63, 3.8) is 0 Å². The molecule has 0 atom stereocenters. The summed E-state index contributed by atoms with van der Waals surface area (Å²) in [4.78, 5) is 10.4. The van der Waals surface area contributed by atoms with E-state index in [0.29, 0.717) is 13.2 Å². The molecule has 0 saturated carbocycles. The van der Waals surface area contributed by atoms with E-state index in [1.54, 1.807) is 0 Å². The van der Waals surface area contributed by atoms with Crippen LogP contribution >= 0.6 is 0 Å². The van der Waals surface area contributed by atoms with Gasteiger partial charge in [0.15, 0.2) is 0 Å². The van der Waals surface area contributed by atoms with Crippen LogP contribution in [0.25, 0.3) is 0 Å². The SMILES string of the molecule is Cc1cc(N)cc(NCCOCC(N)=O)c1. The fourth-order valence-electron chi connectivity index (χ4n) is 1.36. The molecule has 0 unspecified atom stereocenters. The van der Waals surface area contributed by atoms with Crippen molar-refractivity contribution in [2.24, 2.45) is 5.73 Å². The third-order valence-electron chi connectivity index (χ3n) is 1.92. The van der Waals surface area contributed by atoms with Gasteiger partial charge >= 0.3 is 0 Å². The molecule has 1 rings (SSSR count). The second-order valence-corrected chi connectivity index (χ2v) is 3.58. The van der Waals surface area contributed by atoms with Crippen LogP contribution in [-0.4, -0.2) is 25.7 Å². The van der Waals surface area contributed by atoms with Gasteiger partial charge in [-0.3, -0.25) is 4.79 Å². The molecule has 5 nitrogen and oxygen atoms in total. The van der Waals surface area contributed by atoms with E-state index in [9.17, 15) is 4.79 Å². The lowest BCUT2D eigenvalue weighted by Crippen LogP contribution is -2.20. The molecular weight excluding hydrogens is 206 g/mol. The van der Waals surface area contributed by atoms with Gasteiger partial charge in [-0.15, -0.1) is 0 Å². The third-order valence-corrected chi connectivity index (χ3v) is 1.92. The van der Waals surface area contributed by atoms with Crippen molar-refractivity contribution >= 4 is 17.3 Å². The molecule has 0 spiro atoms. The number of hydrogen-bond acceptors (Lipinski definition) is 4. The average molecular weight is 223 g/mol. The van der Waals surface area contributed by atoms with Crippen LogP contribution in [0, 0.1) is 6.92 Å². The Labute approximate surface area is 94.8 Å². The minimum Gasteiger partial charge on any atom is -0.399 e. The van der Waals surface area contributed by atoms with Gasteiger partial charge in [0.05, 0.1) is 6.61 Å². The quantitative estimate of drug-likeness (QED) is 0.483. The zero-order valence-electron chi connectivity index (χ0n) is 9.32. The molecule has 0 aliphatic heterocycles. The predicted molar refractivity (Wildman–Crippen MR) is 64.1 cm³/mol. The van der Waals surface area contributed by atoms with Crippen LogP contribution in [0.3, 0.4) is 0 Å². The van der Waals surface area contributed by atoms with Crippen molar-refractivity contribution in [1.82, 2.24) is 0 Å². The zero-order valence-corrected chi connectivity index (χ0v) is 9.32. The van der Waals surface area contributed by atoms with Crippen LogP contribution in [0.1, 0.15) is 5.56 Å². The summed E-state index contributed by atoms with van der Waals surface area (Å²) in [6.45, 7) is 2.97. The Morgan fingerprint density at radius 2 is 2.19 bits per heavy atom. The maximum Gasteiger partial charge on any atom is 0.243 e. The third kappa shape index (κ3) is 4.65. The second kappa shape index (κ2) is 5.97. The number of nitrogens with one attached hydrogen (secondary N) is 1. The molecule has 0 saturated heterocycles. The molecular formula is C11H17N3O2. The number of carbonyl (C=O) groups excluding carboxylic acids is 1. The zero-order chi connectivity index (χ0) is 12.0. The molecule has 0 aliphatic rings. The molecule has 1 amide bonds. The van der Waals surface area contributed by atoms with Gasteiger partial charge in [-0.2, -0.15) is 0 Å². The lowest BCUT2D eigenvalue weighted by Gasteiger charge is -2.08. The highest BCUT2D eigenvalue weighted by atomic mass is 16.5. The molecule has 1 aromatic carbocycles. The number of benzene rings is 1. The Hall–Kier alpha value is -1.75. The fourth-order valence-corrected chi connectivity index (χ4v) is 1.36. The topological polar surface area (TPSA) is 90.4 Å². The van der Waals surface area contributed by atoms with Crippen molar-refractivity contribution in [2.45, 2.75) is 6.92 Å². The molecule has 16 heavy (non-hydrogen) atoms. The maximum atomic E-state index is 10.4. The Balaban J connectivity index is 2.29. The van der Waals surface area contributed by atoms with E-state index in [1.165, 1.54) is 0 Å². The Morgan fingerprint density at radius 1 is 1.44 bits per heavy atom. The number of nitrogen functional groups attached to an aromatic ring is 1. The van der Waals surface area contributed by atoms with Crippen molar-refractivity contribution in [3.05, 3.63) is 23.8 Å². The summed E-state index contributed by atoms with van der Waals surface area (Å²) in [5, 5.41) is 3.14. The van der Waals surface area contributed by atoms with Crippen LogP contribution in [0.15, 0.2) is 18.2 Å². The number of carbonyl (C=O) groups is 1. The van der Waals surface area contributed by atoms with Crippen LogP contribution in [-0.2, 0) is 9.53 Å². The lowest BCUT2D eigenvalue weighted by atomic mass is 10.2. The van der Waals surface area contributed by atoms with Gasteiger partial charge in [0, 0.05) is 17.9 Å². The summed E-state index contributed by atoms with van der Waals surface area (Å²) in [7, 11) is 0. The normalized spacial score (nSPS) is 10.1. The van der Waals surface area contributed by atoms with E-state index < -0.39 is 5.91 Å².